The summed E-state index contributed by atoms with van der Waals surface area (Å²) in [5, 5.41) is 22.4. The minimum atomic E-state index is -1.22. The molecule has 2 amide bonds. The number of phenolic OH excluding ortho intramolecular Hbond substituents is 2. The van der Waals surface area contributed by atoms with E-state index in [1.54, 1.807) is 50.5 Å². The first-order valence-electron chi connectivity index (χ1n) is 9.11. The van der Waals surface area contributed by atoms with Gasteiger partial charge in [-0.05, 0) is 41.5 Å². The Labute approximate surface area is 168 Å². The lowest BCUT2D eigenvalue weighted by molar-refractivity contribution is -0.118. The molecule has 0 aromatic heterocycles. The summed E-state index contributed by atoms with van der Waals surface area (Å²) in [6, 6.07) is 18.1. The maximum Gasteiger partial charge on any atom is 0.255 e. The molecule has 3 aromatic rings. The van der Waals surface area contributed by atoms with Crippen molar-refractivity contribution in [1.29, 1.82) is 0 Å². The molecule has 146 valence electrons. The summed E-state index contributed by atoms with van der Waals surface area (Å²) in [6.07, 6.45) is 0. The average molecular weight is 388 g/mol. The molecular weight excluding hydrogens is 368 g/mol. The molecule has 4 rings (SSSR count). The van der Waals surface area contributed by atoms with Gasteiger partial charge in [0.2, 0.25) is 5.91 Å². The Bertz CT molecular complexity index is 1060. The smallest absolute Gasteiger partial charge is 0.255 e. The molecule has 0 aliphatic carbocycles. The Morgan fingerprint density at radius 3 is 1.86 bits per heavy atom. The number of carbonyl (C=O) groups is 2. The van der Waals surface area contributed by atoms with Gasteiger partial charge in [0.05, 0.1) is 11.3 Å². The lowest BCUT2D eigenvalue weighted by atomic mass is 9.70. The van der Waals surface area contributed by atoms with Gasteiger partial charge in [0.15, 0.2) is 0 Å². The molecule has 0 radical (unpaired) electrons. The van der Waals surface area contributed by atoms with Crippen LogP contribution in [-0.2, 0) is 10.2 Å². The molecule has 0 saturated carbocycles. The monoisotopic (exact) mass is 388 g/mol. The molecular formula is C23H20N2O4. The zero-order valence-electron chi connectivity index (χ0n) is 16.0. The van der Waals surface area contributed by atoms with E-state index in [2.05, 4.69) is 5.32 Å². The van der Waals surface area contributed by atoms with Gasteiger partial charge < -0.3 is 20.4 Å². The topological polar surface area (TPSA) is 89.9 Å². The zero-order valence-corrected chi connectivity index (χ0v) is 16.0. The number of hydrogen-bond donors (Lipinski definition) is 3. The molecule has 1 aliphatic heterocycles. The van der Waals surface area contributed by atoms with Gasteiger partial charge in [-0.15, -0.1) is 0 Å². The largest absolute Gasteiger partial charge is 0.508 e. The molecule has 1 heterocycles. The highest BCUT2D eigenvalue weighted by molar-refractivity contribution is 6.15. The summed E-state index contributed by atoms with van der Waals surface area (Å²) in [7, 11) is 3.32. The maximum absolute atomic E-state index is 13.5. The quantitative estimate of drug-likeness (QED) is 0.643. The summed E-state index contributed by atoms with van der Waals surface area (Å²) >= 11 is 0. The van der Waals surface area contributed by atoms with Crippen LogP contribution in [0, 0.1) is 0 Å². The van der Waals surface area contributed by atoms with Crippen LogP contribution in [0.5, 0.6) is 11.5 Å². The summed E-state index contributed by atoms with van der Waals surface area (Å²) in [5.41, 5.74) is 1.59. The van der Waals surface area contributed by atoms with Crippen molar-refractivity contribution < 1.29 is 19.8 Å². The summed E-state index contributed by atoms with van der Waals surface area (Å²) in [6.45, 7) is 0. The maximum atomic E-state index is 13.5. The van der Waals surface area contributed by atoms with E-state index < -0.39 is 5.41 Å². The number of para-hydroxylation sites is 1. The van der Waals surface area contributed by atoms with E-state index in [1.165, 1.54) is 29.2 Å². The van der Waals surface area contributed by atoms with Crippen molar-refractivity contribution in [3.05, 3.63) is 89.0 Å². The minimum Gasteiger partial charge on any atom is -0.508 e. The van der Waals surface area contributed by atoms with Crippen LogP contribution in [-0.4, -0.2) is 41.0 Å². The number of fused-ring (bicyclic) bond motifs is 1. The van der Waals surface area contributed by atoms with Crippen molar-refractivity contribution in [2.24, 2.45) is 0 Å². The molecule has 0 fully saturated rings. The van der Waals surface area contributed by atoms with E-state index in [-0.39, 0.29) is 23.3 Å². The predicted molar refractivity (Wildman–Crippen MR) is 109 cm³/mol. The molecule has 29 heavy (non-hydrogen) atoms. The molecule has 0 saturated heterocycles. The number of hydrogen-bond acceptors (Lipinski definition) is 4. The molecule has 0 spiro atoms. The Morgan fingerprint density at radius 1 is 0.862 bits per heavy atom. The first-order valence-corrected chi connectivity index (χ1v) is 9.11. The van der Waals surface area contributed by atoms with Gasteiger partial charge in [0.1, 0.15) is 16.9 Å². The van der Waals surface area contributed by atoms with Crippen molar-refractivity contribution in [2.75, 3.05) is 19.4 Å². The Balaban J connectivity index is 2.05. The number of amides is 2. The van der Waals surface area contributed by atoms with E-state index in [9.17, 15) is 19.8 Å². The third kappa shape index (κ3) is 2.72. The van der Waals surface area contributed by atoms with E-state index >= 15 is 0 Å². The highest BCUT2D eigenvalue weighted by Gasteiger charge is 2.50. The minimum absolute atomic E-state index is 0.0878. The van der Waals surface area contributed by atoms with Gasteiger partial charge in [-0.25, -0.2) is 0 Å². The average Bonchev–Trinajstić information content (AvgIpc) is 3.01. The highest BCUT2D eigenvalue weighted by Crippen LogP contribution is 2.49. The third-order valence-corrected chi connectivity index (χ3v) is 5.28. The normalized spacial score (nSPS) is 14.2. The second kappa shape index (κ2) is 6.67. The zero-order chi connectivity index (χ0) is 20.8. The number of nitrogens with one attached hydrogen (secondary N) is 1. The summed E-state index contributed by atoms with van der Waals surface area (Å²) in [5.74, 6) is -0.341. The standard InChI is InChI=1S/C23H20N2O4/c1-25(2)21(28)18-4-3-5-19-20(18)24-22(29)23(19,14-6-10-16(26)11-7-14)15-8-12-17(27)13-9-15/h3-13,26-27H,1-2H3,(H,24,29). The first kappa shape index (κ1) is 18.6. The number of carbonyl (C=O) groups excluding carboxylic acids is 2. The van der Waals surface area contributed by atoms with Crippen molar-refractivity contribution in [1.82, 2.24) is 4.90 Å². The van der Waals surface area contributed by atoms with Crippen LogP contribution in [0.4, 0.5) is 5.69 Å². The number of aromatic hydroxyl groups is 2. The van der Waals surface area contributed by atoms with Crippen LogP contribution >= 0.6 is 0 Å². The number of nitrogens with zero attached hydrogens (tertiary/aromatic N) is 1. The molecule has 6 nitrogen and oxygen atoms in total. The highest BCUT2D eigenvalue weighted by atomic mass is 16.3. The van der Waals surface area contributed by atoms with Gasteiger partial charge in [-0.2, -0.15) is 0 Å². The van der Waals surface area contributed by atoms with Crippen LogP contribution in [0.25, 0.3) is 0 Å². The number of phenols is 2. The Kier molecular flexibility index (Phi) is 4.27. The van der Waals surface area contributed by atoms with Gasteiger partial charge in [-0.1, -0.05) is 36.4 Å². The van der Waals surface area contributed by atoms with Crippen molar-refractivity contribution in [2.45, 2.75) is 5.41 Å². The van der Waals surface area contributed by atoms with Gasteiger partial charge in [-0.3, -0.25) is 9.59 Å². The van der Waals surface area contributed by atoms with E-state index in [0.29, 0.717) is 27.9 Å². The van der Waals surface area contributed by atoms with Crippen molar-refractivity contribution in [3.8, 4) is 11.5 Å². The summed E-state index contributed by atoms with van der Waals surface area (Å²) < 4.78 is 0. The first-order chi connectivity index (χ1) is 13.9. The Morgan fingerprint density at radius 2 is 1.38 bits per heavy atom. The number of anilines is 1. The Hall–Kier alpha value is -3.80. The number of rotatable bonds is 3. The molecule has 6 heteroatoms. The molecule has 0 unspecified atom stereocenters. The lowest BCUT2D eigenvalue weighted by Gasteiger charge is -2.29. The van der Waals surface area contributed by atoms with Gasteiger partial charge in [0.25, 0.3) is 5.91 Å². The van der Waals surface area contributed by atoms with Crippen LogP contribution in [0.1, 0.15) is 27.0 Å². The second-order valence-corrected chi connectivity index (χ2v) is 7.23. The fourth-order valence-electron chi connectivity index (χ4n) is 3.91. The third-order valence-electron chi connectivity index (χ3n) is 5.28. The molecule has 0 atom stereocenters. The van der Waals surface area contributed by atoms with E-state index in [1.807, 2.05) is 6.07 Å². The molecule has 3 N–H and O–H groups in total. The van der Waals surface area contributed by atoms with Gasteiger partial charge >= 0.3 is 0 Å². The predicted octanol–water partition coefficient (Wildman–Crippen LogP) is 3.09. The lowest BCUT2D eigenvalue weighted by Crippen LogP contribution is -2.36. The van der Waals surface area contributed by atoms with Gasteiger partial charge in [0, 0.05) is 19.7 Å². The van der Waals surface area contributed by atoms with E-state index in [4.69, 9.17) is 0 Å². The van der Waals surface area contributed by atoms with Crippen LogP contribution in [0.3, 0.4) is 0 Å². The van der Waals surface area contributed by atoms with Crippen LogP contribution < -0.4 is 5.32 Å². The van der Waals surface area contributed by atoms with Crippen molar-refractivity contribution in [3.63, 3.8) is 0 Å². The van der Waals surface area contributed by atoms with Crippen LogP contribution in [0.2, 0.25) is 0 Å². The molecule has 3 aromatic carbocycles. The molecule has 1 aliphatic rings. The van der Waals surface area contributed by atoms with Crippen molar-refractivity contribution >= 4 is 17.5 Å². The van der Waals surface area contributed by atoms with E-state index in [0.717, 1.165) is 0 Å². The SMILES string of the molecule is CN(C)C(=O)c1cccc2c1NC(=O)C2(c1ccc(O)cc1)c1ccc(O)cc1. The second-order valence-electron chi connectivity index (χ2n) is 7.23. The van der Waals surface area contributed by atoms with Crippen LogP contribution in [0.15, 0.2) is 66.7 Å². The summed E-state index contributed by atoms with van der Waals surface area (Å²) in [4.78, 5) is 27.7. The fourth-order valence-corrected chi connectivity index (χ4v) is 3.91. The fraction of sp³-hybridized carbons (Fsp3) is 0.130. The number of benzene rings is 3. The molecule has 0 bridgehead atoms.